The number of anilines is 3. The third-order valence-corrected chi connectivity index (χ3v) is 5.09. The molecular weight excluding hydrogens is 344 g/mol. The number of nitrogens with one attached hydrogen (secondary N) is 2. The molecule has 2 aliphatic rings. The van der Waals surface area contributed by atoms with Crippen LogP contribution in [-0.2, 0) is 11.2 Å². The monoisotopic (exact) mass is 364 g/mol. The topological polar surface area (TPSA) is 89.3 Å². The fraction of sp³-hybridized carbons (Fsp3) is 0.350. The van der Waals surface area contributed by atoms with E-state index in [1.807, 2.05) is 18.2 Å². The summed E-state index contributed by atoms with van der Waals surface area (Å²) in [5, 5.41) is 6.19. The number of rotatable bonds is 4. The van der Waals surface area contributed by atoms with Crippen molar-refractivity contribution in [3.8, 4) is 5.88 Å². The lowest BCUT2D eigenvalue weighted by molar-refractivity contribution is -0.116. The van der Waals surface area contributed by atoms with Crippen molar-refractivity contribution in [1.29, 1.82) is 0 Å². The van der Waals surface area contributed by atoms with Gasteiger partial charge >= 0.3 is 0 Å². The number of ether oxygens (including phenoxy) is 1. The predicted octanol–water partition coefficient (Wildman–Crippen LogP) is 4.17. The number of amides is 1. The molecule has 2 aromatic heterocycles. The molecule has 7 heteroatoms. The van der Waals surface area contributed by atoms with Gasteiger partial charge in [-0.15, -0.1) is 0 Å². The molecular formula is C20H20N4O3. The van der Waals surface area contributed by atoms with Crippen LogP contribution in [0.1, 0.15) is 37.7 Å². The number of hydrogen-bond acceptors (Lipinski definition) is 6. The first-order chi connectivity index (χ1) is 13.2. The van der Waals surface area contributed by atoms with E-state index in [1.54, 1.807) is 12.3 Å². The highest BCUT2D eigenvalue weighted by atomic mass is 16.5. The van der Waals surface area contributed by atoms with Gasteiger partial charge in [-0.1, -0.05) is 6.07 Å². The third-order valence-electron chi connectivity index (χ3n) is 5.09. The number of fused-ring (bicyclic) bond motifs is 2. The highest BCUT2D eigenvalue weighted by molar-refractivity contribution is 5.93. The molecule has 0 radical (unpaired) electrons. The van der Waals surface area contributed by atoms with Gasteiger partial charge in [0.15, 0.2) is 0 Å². The number of carbonyl (C=O) groups excluding carboxylic acids is 1. The van der Waals surface area contributed by atoms with Crippen LogP contribution in [-0.4, -0.2) is 22.0 Å². The fourth-order valence-corrected chi connectivity index (χ4v) is 3.39. The van der Waals surface area contributed by atoms with Gasteiger partial charge in [0.25, 0.3) is 5.88 Å². The van der Waals surface area contributed by atoms with Crippen molar-refractivity contribution in [3.63, 3.8) is 0 Å². The molecule has 1 amide bonds. The van der Waals surface area contributed by atoms with Crippen LogP contribution in [0.4, 0.5) is 17.3 Å². The van der Waals surface area contributed by atoms with Gasteiger partial charge in [-0.25, -0.2) is 4.98 Å². The minimum absolute atomic E-state index is 0.0538. The number of hydrogen-bond donors (Lipinski definition) is 2. The lowest BCUT2D eigenvalue weighted by atomic mass is 9.96. The van der Waals surface area contributed by atoms with Crippen molar-refractivity contribution in [2.75, 3.05) is 10.6 Å². The lowest BCUT2D eigenvalue weighted by Crippen LogP contribution is -2.25. The van der Waals surface area contributed by atoms with E-state index < -0.39 is 0 Å². The zero-order chi connectivity index (χ0) is 18.2. The summed E-state index contributed by atoms with van der Waals surface area (Å²) in [6.45, 7) is 0. The fourth-order valence-electron chi connectivity index (χ4n) is 3.39. The molecule has 3 aromatic rings. The van der Waals surface area contributed by atoms with Crippen LogP contribution in [0.5, 0.6) is 5.88 Å². The van der Waals surface area contributed by atoms with Gasteiger partial charge < -0.3 is 19.8 Å². The van der Waals surface area contributed by atoms with Crippen LogP contribution in [0, 0.1) is 0 Å². The van der Waals surface area contributed by atoms with E-state index in [0.717, 1.165) is 42.6 Å². The molecule has 1 aliphatic carbocycles. The van der Waals surface area contributed by atoms with Crippen molar-refractivity contribution in [2.45, 2.75) is 44.6 Å². The molecule has 0 bridgehead atoms. The zero-order valence-corrected chi connectivity index (χ0v) is 14.8. The van der Waals surface area contributed by atoms with Gasteiger partial charge in [-0.2, -0.15) is 4.98 Å². The molecule has 0 spiro atoms. The lowest BCUT2D eigenvalue weighted by Gasteiger charge is -2.25. The van der Waals surface area contributed by atoms with Crippen LogP contribution in [0.2, 0.25) is 0 Å². The summed E-state index contributed by atoms with van der Waals surface area (Å²) in [6.07, 6.45) is 7.37. The van der Waals surface area contributed by atoms with Crippen molar-refractivity contribution in [1.82, 2.24) is 9.97 Å². The molecule has 0 atom stereocenters. The van der Waals surface area contributed by atoms with Gasteiger partial charge in [-0.3, -0.25) is 4.79 Å². The Morgan fingerprint density at radius 3 is 2.93 bits per heavy atom. The molecule has 1 aromatic carbocycles. The molecule has 1 fully saturated rings. The Kier molecular flexibility index (Phi) is 3.92. The first-order valence-corrected chi connectivity index (χ1v) is 9.36. The summed E-state index contributed by atoms with van der Waals surface area (Å²) < 4.78 is 11.5. The zero-order valence-electron chi connectivity index (χ0n) is 14.8. The maximum absolute atomic E-state index is 11.8. The second-order valence-corrected chi connectivity index (χ2v) is 7.06. The van der Waals surface area contributed by atoms with Crippen LogP contribution in [0.15, 0.2) is 34.9 Å². The minimum atomic E-state index is 0.0538. The van der Waals surface area contributed by atoms with Crippen molar-refractivity contribution in [3.05, 3.63) is 36.1 Å². The Morgan fingerprint density at radius 2 is 2.07 bits per heavy atom. The largest absolute Gasteiger partial charge is 0.472 e. The number of aromatic nitrogens is 2. The number of nitrogens with zero attached hydrogens (tertiary/aromatic N) is 2. The molecule has 7 nitrogen and oxygen atoms in total. The summed E-state index contributed by atoms with van der Waals surface area (Å²) in [5.41, 5.74) is 4.07. The van der Waals surface area contributed by atoms with Gasteiger partial charge in [0.2, 0.25) is 17.4 Å². The summed E-state index contributed by atoms with van der Waals surface area (Å²) >= 11 is 0. The molecule has 1 aliphatic heterocycles. The van der Waals surface area contributed by atoms with Crippen LogP contribution in [0.25, 0.3) is 11.1 Å². The molecule has 5 rings (SSSR count). The molecule has 3 heterocycles. The number of benzene rings is 1. The van der Waals surface area contributed by atoms with Crippen molar-refractivity contribution >= 4 is 34.3 Å². The molecule has 0 saturated heterocycles. The van der Waals surface area contributed by atoms with Gasteiger partial charge in [0.05, 0.1) is 6.26 Å². The first kappa shape index (κ1) is 16.1. The molecule has 1 saturated carbocycles. The van der Waals surface area contributed by atoms with Gasteiger partial charge in [0, 0.05) is 23.9 Å². The van der Waals surface area contributed by atoms with E-state index in [2.05, 4.69) is 20.6 Å². The average molecular weight is 364 g/mol. The second kappa shape index (κ2) is 6.57. The van der Waals surface area contributed by atoms with Crippen LogP contribution in [0.3, 0.4) is 0 Å². The second-order valence-electron chi connectivity index (χ2n) is 7.06. The van der Waals surface area contributed by atoms with Crippen molar-refractivity contribution < 1.29 is 13.9 Å². The highest BCUT2D eigenvalue weighted by Crippen LogP contribution is 2.32. The number of furan rings is 1. The van der Waals surface area contributed by atoms with Crippen LogP contribution >= 0.6 is 0 Å². The Morgan fingerprint density at radius 1 is 1.15 bits per heavy atom. The molecule has 27 heavy (non-hydrogen) atoms. The quantitative estimate of drug-likeness (QED) is 0.722. The summed E-state index contributed by atoms with van der Waals surface area (Å²) in [6, 6.07) is 7.73. The van der Waals surface area contributed by atoms with E-state index >= 15 is 0 Å². The summed E-state index contributed by atoms with van der Waals surface area (Å²) in [4.78, 5) is 20.8. The predicted molar refractivity (Wildman–Crippen MR) is 101 cm³/mol. The van der Waals surface area contributed by atoms with E-state index in [9.17, 15) is 4.79 Å². The standard InChI is InChI=1S/C20H20N4O3/c25-17-6-1-3-12-7-8-13(11-16(12)22-17)21-20-23-15-9-10-26-18(15)19(24-20)27-14-4-2-5-14/h7-11,14H,1-6H2,(H,22,25)(H,21,23,24). The first-order valence-electron chi connectivity index (χ1n) is 9.36. The summed E-state index contributed by atoms with van der Waals surface area (Å²) in [5.74, 6) is 0.969. The maximum Gasteiger partial charge on any atom is 0.263 e. The third kappa shape index (κ3) is 3.20. The van der Waals surface area contributed by atoms with Gasteiger partial charge in [-0.05, 0) is 49.8 Å². The van der Waals surface area contributed by atoms with Crippen LogP contribution < -0.4 is 15.4 Å². The normalized spacial score (nSPS) is 17.0. The Labute approximate surface area is 156 Å². The number of aryl methyl sites for hydroxylation is 1. The molecule has 2 N–H and O–H groups in total. The Hall–Kier alpha value is -3.09. The maximum atomic E-state index is 11.8. The minimum Gasteiger partial charge on any atom is -0.472 e. The highest BCUT2D eigenvalue weighted by Gasteiger charge is 2.23. The van der Waals surface area contributed by atoms with E-state index in [4.69, 9.17) is 9.15 Å². The molecule has 138 valence electrons. The van der Waals surface area contributed by atoms with Gasteiger partial charge in [0.1, 0.15) is 11.6 Å². The van der Waals surface area contributed by atoms with E-state index in [1.165, 1.54) is 6.42 Å². The molecule has 0 unspecified atom stereocenters. The summed E-state index contributed by atoms with van der Waals surface area (Å²) in [7, 11) is 0. The smallest absolute Gasteiger partial charge is 0.263 e. The van der Waals surface area contributed by atoms with E-state index in [-0.39, 0.29) is 12.0 Å². The van der Waals surface area contributed by atoms with E-state index in [0.29, 0.717) is 29.3 Å². The average Bonchev–Trinajstić information content (AvgIpc) is 3.00. The van der Waals surface area contributed by atoms with Crippen molar-refractivity contribution in [2.24, 2.45) is 0 Å². The number of carbonyl (C=O) groups is 1. The Balaban J connectivity index is 1.45. The Bertz CT molecular complexity index is 1010. The SMILES string of the molecule is O=C1CCCc2ccc(Nc3nc(OC4CCC4)c4occc4n3)cc2N1.